The average Bonchev–Trinajstić information content (AvgIpc) is 1.85. The van der Waals surface area contributed by atoms with Gasteiger partial charge in [-0.1, -0.05) is 0 Å². The summed E-state index contributed by atoms with van der Waals surface area (Å²) in [5.74, 6) is 0.990. The number of hydrogen-bond acceptors (Lipinski definition) is 3. The molecule has 0 aromatic rings. The molecular formula is C5H13NO2S. The second-order valence-electron chi connectivity index (χ2n) is 1.69. The van der Waals surface area contributed by atoms with Gasteiger partial charge in [-0.2, -0.15) is 0 Å². The van der Waals surface area contributed by atoms with E-state index in [1.54, 1.807) is 7.11 Å². The standard InChI is InChI=1S/C5H13NO2S/c1-8-5-9(7)4-2-3-6/h2-6H2,1H3. The largest absolute Gasteiger partial charge is 0.371 e. The molecule has 0 heterocycles. The Labute approximate surface area is 58.0 Å². The van der Waals surface area contributed by atoms with Crippen molar-refractivity contribution < 1.29 is 8.95 Å². The molecule has 0 aromatic heterocycles. The van der Waals surface area contributed by atoms with Crippen LogP contribution in [0.4, 0.5) is 0 Å². The van der Waals surface area contributed by atoms with Gasteiger partial charge < -0.3 is 10.5 Å². The molecule has 4 heteroatoms. The first-order chi connectivity index (χ1) is 4.31. The Hall–Kier alpha value is 0.0700. The van der Waals surface area contributed by atoms with Crippen molar-refractivity contribution >= 4 is 10.8 Å². The number of rotatable bonds is 5. The normalized spacial score (nSPS) is 13.6. The van der Waals surface area contributed by atoms with E-state index in [0.29, 0.717) is 18.2 Å². The van der Waals surface area contributed by atoms with Crippen LogP contribution in [0, 0.1) is 0 Å². The topological polar surface area (TPSA) is 52.3 Å². The molecule has 3 nitrogen and oxygen atoms in total. The molecule has 1 unspecified atom stereocenters. The fourth-order valence-corrected chi connectivity index (χ4v) is 1.30. The summed E-state index contributed by atoms with van der Waals surface area (Å²) in [5.41, 5.74) is 5.20. The minimum absolute atomic E-state index is 0.333. The molecule has 0 amide bonds. The van der Waals surface area contributed by atoms with Gasteiger partial charge in [0, 0.05) is 23.7 Å². The lowest BCUT2D eigenvalue weighted by Crippen LogP contribution is -2.09. The summed E-state index contributed by atoms with van der Waals surface area (Å²) in [5, 5.41) is 0. The third kappa shape index (κ3) is 5.95. The minimum atomic E-state index is -0.822. The van der Waals surface area contributed by atoms with E-state index in [9.17, 15) is 4.21 Å². The van der Waals surface area contributed by atoms with Crippen molar-refractivity contribution in [1.29, 1.82) is 0 Å². The van der Waals surface area contributed by atoms with E-state index >= 15 is 0 Å². The van der Waals surface area contributed by atoms with Gasteiger partial charge in [0.1, 0.15) is 5.94 Å². The predicted molar refractivity (Wildman–Crippen MR) is 38.6 cm³/mol. The van der Waals surface area contributed by atoms with Crippen molar-refractivity contribution in [2.75, 3.05) is 25.3 Å². The Balaban J connectivity index is 3.06. The van der Waals surface area contributed by atoms with Crippen LogP contribution in [0.3, 0.4) is 0 Å². The zero-order valence-corrected chi connectivity index (χ0v) is 6.45. The summed E-state index contributed by atoms with van der Waals surface area (Å²) in [6, 6.07) is 0. The van der Waals surface area contributed by atoms with Crippen molar-refractivity contribution in [3.63, 3.8) is 0 Å². The van der Waals surface area contributed by atoms with Crippen LogP contribution in [0.2, 0.25) is 0 Å². The first-order valence-electron chi connectivity index (χ1n) is 2.85. The van der Waals surface area contributed by atoms with Gasteiger partial charge in [-0.3, -0.25) is 4.21 Å². The second-order valence-corrected chi connectivity index (χ2v) is 3.22. The second kappa shape index (κ2) is 6.19. The van der Waals surface area contributed by atoms with Crippen LogP contribution >= 0.6 is 0 Å². The van der Waals surface area contributed by atoms with E-state index < -0.39 is 10.8 Å². The van der Waals surface area contributed by atoms with E-state index in [2.05, 4.69) is 4.74 Å². The summed E-state index contributed by atoms with van der Waals surface area (Å²) in [4.78, 5) is 0. The molecule has 0 bridgehead atoms. The molecule has 0 radical (unpaired) electrons. The van der Waals surface area contributed by atoms with Crippen molar-refractivity contribution in [2.24, 2.45) is 5.73 Å². The molecule has 0 aromatic carbocycles. The zero-order chi connectivity index (χ0) is 7.11. The summed E-state index contributed by atoms with van der Waals surface area (Å²) in [7, 11) is 0.720. The molecule has 0 aliphatic heterocycles. The van der Waals surface area contributed by atoms with E-state index in [-0.39, 0.29) is 0 Å². The maximum atomic E-state index is 10.7. The van der Waals surface area contributed by atoms with Gasteiger partial charge >= 0.3 is 0 Å². The fraction of sp³-hybridized carbons (Fsp3) is 1.00. The molecule has 0 rings (SSSR count). The maximum absolute atomic E-state index is 10.7. The van der Waals surface area contributed by atoms with E-state index in [0.717, 1.165) is 6.42 Å². The summed E-state index contributed by atoms with van der Waals surface area (Å²) >= 11 is 0. The number of ether oxygens (including phenoxy) is 1. The highest BCUT2D eigenvalue weighted by Gasteiger charge is 1.94. The summed E-state index contributed by atoms with van der Waals surface area (Å²) in [6.45, 7) is 0.607. The molecular weight excluding hydrogens is 138 g/mol. The molecule has 1 atom stereocenters. The van der Waals surface area contributed by atoms with Crippen LogP contribution in [0.5, 0.6) is 0 Å². The van der Waals surface area contributed by atoms with Crippen molar-refractivity contribution in [2.45, 2.75) is 6.42 Å². The lowest BCUT2D eigenvalue weighted by Gasteiger charge is -1.96. The Kier molecular flexibility index (Phi) is 6.24. The Morgan fingerprint density at radius 3 is 2.78 bits per heavy atom. The van der Waals surface area contributed by atoms with Crippen LogP contribution in [-0.4, -0.2) is 29.6 Å². The average molecular weight is 151 g/mol. The van der Waals surface area contributed by atoms with E-state index in [1.165, 1.54) is 0 Å². The Bertz CT molecular complexity index is 87.0. The zero-order valence-electron chi connectivity index (χ0n) is 5.63. The smallest absolute Gasteiger partial charge is 0.121 e. The molecule has 0 spiro atoms. The third-order valence-electron chi connectivity index (χ3n) is 0.825. The predicted octanol–water partition coefficient (Wildman–Crippen LogP) is -0.312. The third-order valence-corrected chi connectivity index (χ3v) is 2.07. The van der Waals surface area contributed by atoms with Crippen molar-refractivity contribution in [1.82, 2.24) is 0 Å². The quantitative estimate of drug-likeness (QED) is 0.586. The SMILES string of the molecule is COCS(=O)CCCN. The van der Waals surface area contributed by atoms with Crippen LogP contribution < -0.4 is 5.73 Å². The lowest BCUT2D eigenvalue weighted by molar-refractivity contribution is 0.254. The van der Waals surface area contributed by atoms with E-state index in [4.69, 9.17) is 5.73 Å². The fourth-order valence-electron chi connectivity index (χ4n) is 0.435. The van der Waals surface area contributed by atoms with Crippen LogP contribution in [-0.2, 0) is 15.5 Å². The molecule has 0 aliphatic carbocycles. The Morgan fingerprint density at radius 1 is 1.67 bits per heavy atom. The molecule has 0 fully saturated rings. The van der Waals surface area contributed by atoms with Crippen LogP contribution in [0.25, 0.3) is 0 Å². The molecule has 0 saturated heterocycles. The highest BCUT2D eigenvalue weighted by molar-refractivity contribution is 7.84. The number of nitrogens with two attached hydrogens (primary N) is 1. The summed E-state index contributed by atoms with van der Waals surface area (Å²) in [6.07, 6.45) is 0.815. The van der Waals surface area contributed by atoms with Gasteiger partial charge in [-0.25, -0.2) is 0 Å². The molecule has 0 aliphatic rings. The minimum Gasteiger partial charge on any atom is -0.371 e. The molecule has 9 heavy (non-hydrogen) atoms. The van der Waals surface area contributed by atoms with Gasteiger partial charge in [0.15, 0.2) is 0 Å². The molecule has 0 saturated carbocycles. The van der Waals surface area contributed by atoms with Crippen molar-refractivity contribution in [3.8, 4) is 0 Å². The van der Waals surface area contributed by atoms with Gasteiger partial charge in [-0.15, -0.1) is 0 Å². The lowest BCUT2D eigenvalue weighted by atomic mass is 10.5. The van der Waals surface area contributed by atoms with E-state index in [1.807, 2.05) is 0 Å². The summed E-state index contributed by atoms with van der Waals surface area (Å²) < 4.78 is 15.4. The van der Waals surface area contributed by atoms with Crippen LogP contribution in [0.15, 0.2) is 0 Å². The maximum Gasteiger partial charge on any atom is 0.121 e. The van der Waals surface area contributed by atoms with Gasteiger partial charge in [0.25, 0.3) is 0 Å². The highest BCUT2D eigenvalue weighted by atomic mass is 32.2. The van der Waals surface area contributed by atoms with Gasteiger partial charge in [-0.05, 0) is 13.0 Å². The molecule has 2 N–H and O–H groups in total. The van der Waals surface area contributed by atoms with Crippen LogP contribution in [0.1, 0.15) is 6.42 Å². The monoisotopic (exact) mass is 151 g/mol. The molecule has 56 valence electrons. The first kappa shape index (κ1) is 9.07. The number of methoxy groups -OCH3 is 1. The number of hydrogen-bond donors (Lipinski definition) is 1. The van der Waals surface area contributed by atoms with Gasteiger partial charge in [0.2, 0.25) is 0 Å². The van der Waals surface area contributed by atoms with Gasteiger partial charge in [0.05, 0.1) is 0 Å². The Morgan fingerprint density at radius 2 is 2.33 bits per heavy atom. The highest BCUT2D eigenvalue weighted by Crippen LogP contribution is 1.85. The first-order valence-corrected chi connectivity index (χ1v) is 4.34. The van der Waals surface area contributed by atoms with Crippen molar-refractivity contribution in [3.05, 3.63) is 0 Å².